The fourth-order valence-electron chi connectivity index (χ4n) is 5.32. The Kier molecular flexibility index (Phi) is 2.86. The number of hydrogen-bond donors (Lipinski definition) is 0. The summed E-state index contributed by atoms with van der Waals surface area (Å²) in [6, 6.07) is 6.61. The van der Waals surface area contributed by atoms with Crippen LogP contribution in [-0.2, 0) is 14.3 Å². The van der Waals surface area contributed by atoms with E-state index in [-0.39, 0.29) is 47.5 Å². The van der Waals surface area contributed by atoms with Crippen LogP contribution < -0.4 is 4.90 Å². The molecule has 25 heavy (non-hydrogen) atoms. The Hall–Kier alpha value is -2.43. The Balaban J connectivity index is 1.49. The molecule has 0 aromatic heterocycles. The molecule has 1 saturated heterocycles. The summed E-state index contributed by atoms with van der Waals surface area (Å²) in [5.41, 5.74) is 1.02. The van der Waals surface area contributed by atoms with Crippen molar-refractivity contribution in [3.63, 3.8) is 0 Å². The number of anilines is 1. The van der Waals surface area contributed by atoms with Crippen LogP contribution in [0.2, 0.25) is 0 Å². The van der Waals surface area contributed by atoms with Gasteiger partial charge in [-0.25, -0.2) is 9.69 Å². The van der Waals surface area contributed by atoms with Crippen LogP contribution in [0.3, 0.4) is 0 Å². The molecular formula is C20H19NO4. The summed E-state index contributed by atoms with van der Waals surface area (Å²) in [6.45, 7) is 2.03. The zero-order valence-corrected chi connectivity index (χ0v) is 14.0. The van der Waals surface area contributed by atoms with Crippen LogP contribution in [0.1, 0.15) is 30.1 Å². The third kappa shape index (κ3) is 1.76. The number of fused-ring (bicyclic) bond motifs is 3. The van der Waals surface area contributed by atoms with Crippen LogP contribution >= 0.6 is 0 Å². The fraction of sp³-hybridized carbons (Fsp3) is 0.450. The molecule has 0 N–H and O–H groups in total. The number of imide groups is 1. The van der Waals surface area contributed by atoms with Crippen molar-refractivity contribution in [2.45, 2.75) is 19.8 Å². The Bertz CT molecular complexity index is 804. The lowest BCUT2D eigenvalue weighted by Gasteiger charge is -2.22. The van der Waals surface area contributed by atoms with E-state index in [0.29, 0.717) is 11.3 Å². The third-order valence-corrected chi connectivity index (χ3v) is 6.47. The molecule has 0 unspecified atom stereocenters. The summed E-state index contributed by atoms with van der Waals surface area (Å²) in [5, 5.41) is 0. The van der Waals surface area contributed by atoms with Crippen LogP contribution in [0.4, 0.5) is 5.69 Å². The van der Waals surface area contributed by atoms with E-state index in [1.807, 2.05) is 0 Å². The maximum atomic E-state index is 13.1. The van der Waals surface area contributed by atoms with E-state index < -0.39 is 5.97 Å². The molecule has 3 fully saturated rings. The summed E-state index contributed by atoms with van der Waals surface area (Å²) < 4.78 is 5.02. The second-order valence-electron chi connectivity index (χ2n) is 7.50. The lowest BCUT2D eigenvalue weighted by Crippen LogP contribution is -2.34. The smallest absolute Gasteiger partial charge is 0.338 e. The Morgan fingerprint density at radius 1 is 1.16 bits per heavy atom. The Morgan fingerprint density at radius 3 is 2.36 bits per heavy atom. The lowest BCUT2D eigenvalue weighted by molar-refractivity contribution is -0.123. The van der Waals surface area contributed by atoms with Gasteiger partial charge in [-0.1, -0.05) is 18.2 Å². The van der Waals surface area contributed by atoms with Gasteiger partial charge in [-0.3, -0.25) is 9.59 Å². The van der Waals surface area contributed by atoms with Crippen molar-refractivity contribution in [1.82, 2.24) is 0 Å². The van der Waals surface area contributed by atoms with E-state index in [1.165, 1.54) is 4.90 Å². The Morgan fingerprint density at radius 2 is 1.80 bits per heavy atom. The molecule has 1 spiro atoms. The van der Waals surface area contributed by atoms with Gasteiger partial charge in [0.2, 0.25) is 11.8 Å². The van der Waals surface area contributed by atoms with E-state index in [2.05, 4.69) is 12.2 Å². The van der Waals surface area contributed by atoms with Gasteiger partial charge in [-0.2, -0.15) is 0 Å². The number of hydrogen-bond acceptors (Lipinski definition) is 4. The van der Waals surface area contributed by atoms with E-state index in [1.54, 1.807) is 31.2 Å². The number of carbonyl (C=O) groups excluding carboxylic acids is 3. The zero-order valence-electron chi connectivity index (χ0n) is 14.0. The molecule has 4 aliphatic rings. The number of benzene rings is 1. The maximum absolute atomic E-state index is 13.1. The van der Waals surface area contributed by atoms with Crippen molar-refractivity contribution < 1.29 is 19.1 Å². The first kappa shape index (κ1) is 14.9. The highest BCUT2D eigenvalue weighted by Crippen LogP contribution is 2.73. The minimum Gasteiger partial charge on any atom is -0.462 e. The van der Waals surface area contributed by atoms with Crippen molar-refractivity contribution in [3.8, 4) is 0 Å². The summed E-state index contributed by atoms with van der Waals surface area (Å²) in [4.78, 5) is 39.4. The lowest BCUT2D eigenvalue weighted by atomic mass is 9.85. The molecule has 1 aromatic carbocycles. The van der Waals surface area contributed by atoms with E-state index in [4.69, 9.17) is 4.74 Å². The van der Waals surface area contributed by atoms with Gasteiger partial charge < -0.3 is 4.74 Å². The molecule has 128 valence electrons. The van der Waals surface area contributed by atoms with Crippen molar-refractivity contribution in [3.05, 3.63) is 42.0 Å². The average molecular weight is 337 g/mol. The fourth-order valence-corrected chi connectivity index (χ4v) is 5.32. The molecule has 1 aromatic rings. The first-order valence-electron chi connectivity index (χ1n) is 8.92. The van der Waals surface area contributed by atoms with Crippen LogP contribution in [0.5, 0.6) is 0 Å². The highest BCUT2D eigenvalue weighted by molar-refractivity contribution is 6.23. The van der Waals surface area contributed by atoms with Crippen LogP contribution in [0.25, 0.3) is 0 Å². The topological polar surface area (TPSA) is 63.7 Å². The highest BCUT2D eigenvalue weighted by atomic mass is 16.5. The molecule has 5 heteroatoms. The van der Waals surface area contributed by atoms with Crippen LogP contribution in [0.15, 0.2) is 36.4 Å². The van der Waals surface area contributed by atoms with Crippen molar-refractivity contribution >= 4 is 23.5 Å². The minimum absolute atomic E-state index is 0.112. The number of ether oxygens (including phenoxy) is 1. The maximum Gasteiger partial charge on any atom is 0.338 e. The van der Waals surface area contributed by atoms with E-state index >= 15 is 0 Å². The molecule has 5 nitrogen and oxygen atoms in total. The number of allylic oxidation sites excluding steroid dienone is 2. The zero-order chi connectivity index (χ0) is 17.3. The van der Waals surface area contributed by atoms with E-state index in [0.717, 1.165) is 12.8 Å². The van der Waals surface area contributed by atoms with Crippen LogP contribution in [-0.4, -0.2) is 24.4 Å². The van der Waals surface area contributed by atoms with Gasteiger partial charge in [0, 0.05) is 0 Å². The minimum atomic E-state index is -0.442. The number of nitrogens with zero attached hydrogens (tertiary/aromatic N) is 1. The molecular weight excluding hydrogens is 318 g/mol. The molecule has 2 bridgehead atoms. The van der Waals surface area contributed by atoms with Gasteiger partial charge in [0.1, 0.15) is 0 Å². The SMILES string of the molecule is CCOC(=O)c1cccc(N2C(=O)[C@@H]3[C@H](C2=O)[C@@H]2C=C[C@H]3C23CC3)c1. The quantitative estimate of drug-likeness (QED) is 0.483. The van der Waals surface area contributed by atoms with Crippen molar-refractivity contribution in [2.75, 3.05) is 11.5 Å². The van der Waals surface area contributed by atoms with E-state index in [9.17, 15) is 14.4 Å². The van der Waals surface area contributed by atoms with Gasteiger partial charge >= 0.3 is 5.97 Å². The predicted octanol–water partition coefficient (Wildman–Crippen LogP) is 2.56. The van der Waals surface area contributed by atoms with Crippen LogP contribution in [0, 0.1) is 29.1 Å². The first-order valence-corrected chi connectivity index (χ1v) is 8.92. The largest absolute Gasteiger partial charge is 0.462 e. The molecule has 4 atom stereocenters. The molecule has 2 saturated carbocycles. The highest BCUT2D eigenvalue weighted by Gasteiger charge is 2.73. The molecule has 0 radical (unpaired) electrons. The third-order valence-electron chi connectivity index (χ3n) is 6.47. The summed E-state index contributed by atoms with van der Waals surface area (Å²) in [6.07, 6.45) is 6.56. The summed E-state index contributed by atoms with van der Waals surface area (Å²) in [7, 11) is 0. The summed E-state index contributed by atoms with van der Waals surface area (Å²) in [5.74, 6) is -0.706. The second kappa shape index (κ2) is 4.81. The monoisotopic (exact) mass is 337 g/mol. The second-order valence-corrected chi connectivity index (χ2v) is 7.50. The number of rotatable bonds is 3. The number of esters is 1. The van der Waals surface area contributed by atoms with Gasteiger partial charge in [0.05, 0.1) is 29.7 Å². The van der Waals surface area contributed by atoms with Crippen molar-refractivity contribution in [2.24, 2.45) is 29.1 Å². The van der Waals surface area contributed by atoms with Gasteiger partial charge in [0.15, 0.2) is 0 Å². The molecule has 1 aliphatic heterocycles. The van der Waals surface area contributed by atoms with Gasteiger partial charge in [-0.15, -0.1) is 0 Å². The number of amides is 2. The van der Waals surface area contributed by atoms with Gasteiger partial charge in [-0.05, 0) is 55.2 Å². The van der Waals surface area contributed by atoms with Crippen molar-refractivity contribution in [1.29, 1.82) is 0 Å². The number of carbonyl (C=O) groups is 3. The standard InChI is InChI=1S/C20H19NO4/c1-2-25-19(24)11-4-3-5-12(10-11)21-17(22)15-13-6-7-14(16(15)18(21)23)20(13)8-9-20/h3-7,10,13-16H,2,8-9H2,1H3/t13-,14+,15+,16-. The Labute approximate surface area is 145 Å². The molecule has 5 rings (SSSR count). The normalized spacial score (nSPS) is 33.2. The summed E-state index contributed by atoms with van der Waals surface area (Å²) >= 11 is 0. The molecule has 2 amide bonds. The average Bonchev–Trinajstić information content (AvgIpc) is 3.20. The molecule has 3 aliphatic carbocycles. The predicted molar refractivity (Wildman–Crippen MR) is 89.7 cm³/mol. The first-order chi connectivity index (χ1) is 12.1. The molecule has 1 heterocycles. The van der Waals surface area contributed by atoms with Gasteiger partial charge in [0.25, 0.3) is 0 Å².